The van der Waals surface area contributed by atoms with Crippen LogP contribution >= 0.6 is 0 Å². The van der Waals surface area contributed by atoms with E-state index in [9.17, 15) is 0 Å². The smallest absolute Gasteiger partial charge is 0.0315 e. The average Bonchev–Trinajstić information content (AvgIpc) is 2.46. The molecule has 1 aromatic carbocycles. The van der Waals surface area contributed by atoms with Crippen molar-refractivity contribution in [2.75, 3.05) is 6.54 Å². The normalized spacial score (nSPS) is 12.1. The molecule has 0 unspecified atom stereocenters. The van der Waals surface area contributed by atoms with Gasteiger partial charge in [0.1, 0.15) is 0 Å². The number of hydrogen-bond donors (Lipinski definition) is 1. The van der Waals surface area contributed by atoms with Gasteiger partial charge in [-0.25, -0.2) is 0 Å². The highest BCUT2D eigenvalue weighted by molar-refractivity contribution is 5.64. The van der Waals surface area contributed by atoms with Crippen molar-refractivity contribution in [3.63, 3.8) is 0 Å². The summed E-state index contributed by atoms with van der Waals surface area (Å²) in [7, 11) is 0. The van der Waals surface area contributed by atoms with Crippen LogP contribution in [0, 0.1) is 0 Å². The molecular weight excluding hydrogens is 220 g/mol. The number of nitrogens with zero attached hydrogens (tertiary/aromatic N) is 1. The lowest BCUT2D eigenvalue weighted by Gasteiger charge is -2.15. The number of rotatable bonds is 5. The molecule has 1 N–H and O–H groups in total. The second kappa shape index (κ2) is 6.12. The number of benzene rings is 1. The molecule has 1 heterocycles. The first kappa shape index (κ1) is 12.5. The molecule has 18 heavy (non-hydrogen) atoms. The fourth-order valence-corrected chi connectivity index (χ4v) is 1.80. The van der Waals surface area contributed by atoms with Crippen molar-refractivity contribution in [1.29, 1.82) is 0 Å². The largest absolute Gasteiger partial charge is 0.306 e. The topological polar surface area (TPSA) is 24.9 Å². The molecule has 0 saturated heterocycles. The first-order valence-corrected chi connectivity index (χ1v) is 6.14. The van der Waals surface area contributed by atoms with Crippen molar-refractivity contribution in [3.05, 3.63) is 72.6 Å². The van der Waals surface area contributed by atoms with Gasteiger partial charge < -0.3 is 5.32 Å². The van der Waals surface area contributed by atoms with Gasteiger partial charge in [0.25, 0.3) is 0 Å². The fraction of sp³-hybridized carbons (Fsp3) is 0.188. The third-order valence-corrected chi connectivity index (χ3v) is 2.99. The summed E-state index contributed by atoms with van der Waals surface area (Å²) in [6, 6.07) is 14.6. The molecule has 0 amide bonds. The van der Waals surface area contributed by atoms with Gasteiger partial charge in [-0.05, 0) is 29.7 Å². The van der Waals surface area contributed by atoms with Crippen molar-refractivity contribution < 1.29 is 0 Å². The van der Waals surface area contributed by atoms with E-state index in [1.165, 1.54) is 11.1 Å². The third kappa shape index (κ3) is 3.28. The minimum Gasteiger partial charge on any atom is -0.306 e. The van der Waals surface area contributed by atoms with Crippen LogP contribution in [0.2, 0.25) is 0 Å². The van der Waals surface area contributed by atoms with Crippen LogP contribution < -0.4 is 5.32 Å². The molecule has 1 aromatic heterocycles. The zero-order chi connectivity index (χ0) is 12.8. The summed E-state index contributed by atoms with van der Waals surface area (Å²) < 4.78 is 0. The van der Waals surface area contributed by atoms with Gasteiger partial charge in [0.05, 0.1) is 0 Å². The standard InChI is InChI=1S/C16H18N2/c1-13(15-7-4-3-5-8-15)11-18-14(2)16-9-6-10-17-12-16/h3-10,12,14,18H,1,11H2,2H3/t14-/m1/s1. The van der Waals surface area contributed by atoms with Crippen LogP contribution in [0.5, 0.6) is 0 Å². The van der Waals surface area contributed by atoms with Gasteiger partial charge in [-0.1, -0.05) is 43.0 Å². The quantitative estimate of drug-likeness (QED) is 0.863. The van der Waals surface area contributed by atoms with Gasteiger partial charge in [0.2, 0.25) is 0 Å². The van der Waals surface area contributed by atoms with Crippen LogP contribution in [0.3, 0.4) is 0 Å². The average molecular weight is 238 g/mol. The Morgan fingerprint density at radius 2 is 2.00 bits per heavy atom. The Hall–Kier alpha value is -1.93. The maximum Gasteiger partial charge on any atom is 0.0315 e. The number of nitrogens with one attached hydrogen (secondary N) is 1. The molecule has 2 aromatic rings. The first-order chi connectivity index (χ1) is 8.77. The maximum atomic E-state index is 4.13. The summed E-state index contributed by atoms with van der Waals surface area (Å²) in [5.74, 6) is 0. The molecule has 2 nitrogen and oxygen atoms in total. The molecule has 0 bridgehead atoms. The van der Waals surface area contributed by atoms with E-state index >= 15 is 0 Å². The number of aromatic nitrogens is 1. The Morgan fingerprint density at radius 1 is 1.22 bits per heavy atom. The summed E-state index contributed by atoms with van der Waals surface area (Å²) in [6.45, 7) is 7.02. The minimum atomic E-state index is 0.277. The molecule has 0 fully saturated rings. The van der Waals surface area contributed by atoms with Crippen LogP contribution in [0.25, 0.3) is 5.57 Å². The summed E-state index contributed by atoms with van der Waals surface area (Å²) in [6.07, 6.45) is 3.68. The highest BCUT2D eigenvalue weighted by Gasteiger charge is 2.05. The van der Waals surface area contributed by atoms with E-state index in [-0.39, 0.29) is 6.04 Å². The Bertz CT molecular complexity index is 491. The monoisotopic (exact) mass is 238 g/mol. The molecule has 2 rings (SSSR count). The summed E-state index contributed by atoms with van der Waals surface area (Å²) in [5, 5.41) is 3.46. The van der Waals surface area contributed by atoms with Crippen LogP contribution in [0.15, 0.2) is 61.4 Å². The maximum absolute atomic E-state index is 4.13. The highest BCUT2D eigenvalue weighted by atomic mass is 14.9. The van der Waals surface area contributed by atoms with E-state index in [0.29, 0.717) is 0 Å². The predicted octanol–water partition coefficient (Wildman–Crippen LogP) is 3.45. The molecule has 0 spiro atoms. The van der Waals surface area contributed by atoms with E-state index in [2.05, 4.69) is 42.0 Å². The number of hydrogen-bond acceptors (Lipinski definition) is 2. The molecule has 0 radical (unpaired) electrons. The van der Waals surface area contributed by atoms with Crippen LogP contribution in [-0.4, -0.2) is 11.5 Å². The molecule has 0 aliphatic heterocycles. The first-order valence-electron chi connectivity index (χ1n) is 6.14. The van der Waals surface area contributed by atoms with Crippen molar-refractivity contribution in [3.8, 4) is 0 Å². The molecule has 0 aliphatic rings. The SMILES string of the molecule is C=C(CN[C@H](C)c1cccnc1)c1ccccc1. The Morgan fingerprint density at radius 3 is 2.67 bits per heavy atom. The van der Waals surface area contributed by atoms with Crippen molar-refractivity contribution in [2.24, 2.45) is 0 Å². The van der Waals surface area contributed by atoms with Crippen LogP contribution in [-0.2, 0) is 0 Å². The third-order valence-electron chi connectivity index (χ3n) is 2.99. The lowest BCUT2D eigenvalue weighted by molar-refractivity contribution is 0.620. The van der Waals surface area contributed by atoms with Crippen molar-refractivity contribution in [1.82, 2.24) is 10.3 Å². The summed E-state index contributed by atoms with van der Waals surface area (Å²) in [5.41, 5.74) is 3.48. The van der Waals surface area contributed by atoms with Gasteiger partial charge in [-0.2, -0.15) is 0 Å². The Balaban J connectivity index is 1.91. The van der Waals surface area contributed by atoms with E-state index in [4.69, 9.17) is 0 Å². The summed E-state index contributed by atoms with van der Waals surface area (Å²) in [4.78, 5) is 4.13. The van der Waals surface area contributed by atoms with Crippen molar-refractivity contribution >= 4 is 5.57 Å². The Kier molecular flexibility index (Phi) is 4.26. The van der Waals surface area contributed by atoms with Crippen molar-refractivity contribution in [2.45, 2.75) is 13.0 Å². The molecule has 2 heteroatoms. The van der Waals surface area contributed by atoms with E-state index < -0.39 is 0 Å². The second-order valence-electron chi connectivity index (χ2n) is 4.36. The van der Waals surface area contributed by atoms with Crippen LogP contribution in [0.1, 0.15) is 24.1 Å². The zero-order valence-electron chi connectivity index (χ0n) is 10.6. The molecule has 1 atom stereocenters. The molecule has 0 aliphatic carbocycles. The second-order valence-corrected chi connectivity index (χ2v) is 4.36. The fourth-order valence-electron chi connectivity index (χ4n) is 1.80. The van der Waals surface area contributed by atoms with Gasteiger partial charge in [0, 0.05) is 25.0 Å². The summed E-state index contributed by atoms with van der Waals surface area (Å²) >= 11 is 0. The number of pyridine rings is 1. The molecule has 92 valence electrons. The predicted molar refractivity (Wildman–Crippen MR) is 76.1 cm³/mol. The highest BCUT2D eigenvalue weighted by Crippen LogP contribution is 2.14. The molecule has 0 saturated carbocycles. The van der Waals surface area contributed by atoms with E-state index in [0.717, 1.165) is 12.1 Å². The zero-order valence-corrected chi connectivity index (χ0v) is 10.6. The van der Waals surface area contributed by atoms with E-state index in [1.54, 1.807) is 6.20 Å². The molecular formula is C16H18N2. The van der Waals surface area contributed by atoms with Gasteiger partial charge in [-0.15, -0.1) is 0 Å². The van der Waals surface area contributed by atoms with E-state index in [1.807, 2.05) is 30.5 Å². The minimum absolute atomic E-state index is 0.277. The van der Waals surface area contributed by atoms with Gasteiger partial charge >= 0.3 is 0 Å². The van der Waals surface area contributed by atoms with Crippen LogP contribution in [0.4, 0.5) is 0 Å². The van der Waals surface area contributed by atoms with Gasteiger partial charge in [-0.3, -0.25) is 4.98 Å². The van der Waals surface area contributed by atoms with Gasteiger partial charge in [0.15, 0.2) is 0 Å². The lowest BCUT2D eigenvalue weighted by atomic mass is 10.1. The lowest BCUT2D eigenvalue weighted by Crippen LogP contribution is -2.20. The Labute approximate surface area is 108 Å².